The fourth-order valence-electron chi connectivity index (χ4n) is 3.55. The van der Waals surface area contributed by atoms with Crippen molar-refractivity contribution in [3.05, 3.63) is 70.6 Å². The van der Waals surface area contributed by atoms with E-state index >= 15 is 0 Å². The predicted molar refractivity (Wildman–Crippen MR) is 114 cm³/mol. The van der Waals surface area contributed by atoms with Crippen molar-refractivity contribution in [2.45, 2.75) is 38.8 Å². The van der Waals surface area contributed by atoms with Crippen LogP contribution in [0.5, 0.6) is 0 Å². The number of rotatable bonds is 5. The van der Waals surface area contributed by atoms with Crippen LogP contribution in [-0.4, -0.2) is 40.2 Å². The minimum absolute atomic E-state index is 0.00189. The molecule has 1 aliphatic rings. The lowest BCUT2D eigenvalue weighted by atomic mass is 10.1. The number of hydrogen-bond acceptors (Lipinski definition) is 5. The summed E-state index contributed by atoms with van der Waals surface area (Å²) in [7, 11) is 0. The summed E-state index contributed by atoms with van der Waals surface area (Å²) in [5, 5.41) is 8.85. The van der Waals surface area contributed by atoms with E-state index in [2.05, 4.69) is 10.2 Å². The highest BCUT2D eigenvalue weighted by atomic mass is 35.5. The number of nitrogens with zero attached hydrogens (tertiary/aromatic N) is 3. The minimum atomic E-state index is -0.226. The van der Waals surface area contributed by atoms with Gasteiger partial charge in [-0.15, -0.1) is 10.2 Å². The van der Waals surface area contributed by atoms with Crippen molar-refractivity contribution >= 4 is 17.5 Å². The SMILES string of the molecule is Cc1ccc(-c2nnc(CCC(=O)N3CC(c4ccccc4Cl)OCC3C)o2)cc1. The molecular formula is C23H24ClN3O3. The van der Waals surface area contributed by atoms with Crippen LogP contribution in [-0.2, 0) is 16.0 Å². The highest BCUT2D eigenvalue weighted by Crippen LogP contribution is 2.30. The number of benzene rings is 2. The van der Waals surface area contributed by atoms with E-state index in [0.29, 0.717) is 42.8 Å². The van der Waals surface area contributed by atoms with Gasteiger partial charge in [0.15, 0.2) is 0 Å². The third-order valence-corrected chi connectivity index (χ3v) is 5.67. The lowest BCUT2D eigenvalue weighted by Gasteiger charge is -2.38. The smallest absolute Gasteiger partial charge is 0.247 e. The Hall–Kier alpha value is -2.70. The van der Waals surface area contributed by atoms with Crippen LogP contribution in [0.2, 0.25) is 5.02 Å². The quantitative estimate of drug-likeness (QED) is 0.596. The van der Waals surface area contributed by atoms with Gasteiger partial charge in [-0.1, -0.05) is 47.5 Å². The van der Waals surface area contributed by atoms with Crippen LogP contribution in [0.4, 0.5) is 0 Å². The van der Waals surface area contributed by atoms with E-state index in [9.17, 15) is 4.79 Å². The molecule has 0 radical (unpaired) electrons. The standard InChI is InChI=1S/C23H24ClN3O3/c1-15-7-9-17(10-8-15)23-26-25-21(30-23)11-12-22(28)27-13-20(29-14-16(27)2)18-5-3-4-6-19(18)24/h3-10,16,20H,11-14H2,1-2H3. The Bertz CT molecular complexity index is 1020. The molecule has 0 aliphatic carbocycles. The number of carbonyl (C=O) groups is 1. The maximum Gasteiger partial charge on any atom is 0.247 e. The van der Waals surface area contributed by atoms with E-state index < -0.39 is 0 Å². The van der Waals surface area contributed by atoms with E-state index in [1.807, 2.05) is 67.3 Å². The van der Waals surface area contributed by atoms with Gasteiger partial charge in [-0.05, 0) is 32.0 Å². The van der Waals surface area contributed by atoms with Crippen molar-refractivity contribution in [2.24, 2.45) is 0 Å². The van der Waals surface area contributed by atoms with Gasteiger partial charge >= 0.3 is 0 Å². The fraction of sp³-hybridized carbons (Fsp3) is 0.348. The molecule has 2 unspecified atom stereocenters. The van der Waals surface area contributed by atoms with Crippen LogP contribution in [0, 0.1) is 6.92 Å². The van der Waals surface area contributed by atoms with Crippen LogP contribution >= 0.6 is 11.6 Å². The van der Waals surface area contributed by atoms with Gasteiger partial charge in [0.05, 0.1) is 19.2 Å². The van der Waals surface area contributed by atoms with Gasteiger partial charge in [-0.3, -0.25) is 4.79 Å². The maximum atomic E-state index is 12.9. The summed E-state index contributed by atoms with van der Waals surface area (Å²) in [6, 6.07) is 15.5. The Morgan fingerprint density at radius 1 is 1.17 bits per heavy atom. The number of hydrogen-bond donors (Lipinski definition) is 0. The number of aromatic nitrogens is 2. The average Bonchev–Trinajstić information content (AvgIpc) is 3.22. The van der Waals surface area contributed by atoms with Gasteiger partial charge in [0.2, 0.25) is 17.7 Å². The first-order valence-electron chi connectivity index (χ1n) is 10.1. The van der Waals surface area contributed by atoms with Crippen LogP contribution in [0.25, 0.3) is 11.5 Å². The first-order chi connectivity index (χ1) is 14.5. The zero-order valence-corrected chi connectivity index (χ0v) is 17.8. The monoisotopic (exact) mass is 425 g/mol. The molecular weight excluding hydrogens is 402 g/mol. The number of halogens is 1. The van der Waals surface area contributed by atoms with Gasteiger partial charge in [0, 0.05) is 29.0 Å². The molecule has 30 heavy (non-hydrogen) atoms. The topological polar surface area (TPSA) is 68.5 Å². The summed E-state index contributed by atoms with van der Waals surface area (Å²) in [6.07, 6.45) is 0.476. The third kappa shape index (κ3) is 4.55. The molecule has 2 aromatic carbocycles. The van der Waals surface area contributed by atoms with E-state index in [1.54, 1.807) is 0 Å². The number of ether oxygens (including phenoxy) is 1. The molecule has 156 valence electrons. The third-order valence-electron chi connectivity index (χ3n) is 5.32. The largest absolute Gasteiger partial charge is 0.421 e. The summed E-state index contributed by atoms with van der Waals surface area (Å²) in [4.78, 5) is 14.8. The molecule has 6 nitrogen and oxygen atoms in total. The van der Waals surface area contributed by atoms with Crippen molar-refractivity contribution in [2.75, 3.05) is 13.2 Å². The van der Waals surface area contributed by atoms with Gasteiger partial charge in [-0.2, -0.15) is 0 Å². The molecule has 0 N–H and O–H groups in total. The Labute approximate surface area is 180 Å². The van der Waals surface area contributed by atoms with Crippen molar-refractivity contribution in [3.63, 3.8) is 0 Å². The maximum absolute atomic E-state index is 12.9. The number of carbonyl (C=O) groups excluding carboxylic acids is 1. The summed E-state index contributed by atoms with van der Waals surface area (Å²) < 4.78 is 11.7. The first-order valence-corrected chi connectivity index (χ1v) is 10.4. The number of morpholine rings is 1. The molecule has 1 aromatic heterocycles. The van der Waals surface area contributed by atoms with Crippen molar-refractivity contribution in [1.29, 1.82) is 0 Å². The fourth-order valence-corrected chi connectivity index (χ4v) is 3.81. The average molecular weight is 426 g/mol. The first kappa shape index (κ1) is 20.6. The van der Waals surface area contributed by atoms with Crippen molar-refractivity contribution in [1.82, 2.24) is 15.1 Å². The molecule has 0 saturated carbocycles. The van der Waals surface area contributed by atoms with E-state index in [1.165, 1.54) is 5.56 Å². The lowest BCUT2D eigenvalue weighted by Crippen LogP contribution is -2.48. The molecule has 3 aromatic rings. The lowest BCUT2D eigenvalue weighted by molar-refractivity contribution is -0.144. The molecule has 2 atom stereocenters. The van der Waals surface area contributed by atoms with Gasteiger partial charge < -0.3 is 14.1 Å². The van der Waals surface area contributed by atoms with Crippen molar-refractivity contribution in [3.8, 4) is 11.5 Å². The molecule has 0 bridgehead atoms. The Morgan fingerprint density at radius 2 is 1.93 bits per heavy atom. The minimum Gasteiger partial charge on any atom is -0.421 e. The molecule has 1 saturated heterocycles. The molecule has 2 heterocycles. The zero-order chi connectivity index (χ0) is 21.1. The second kappa shape index (κ2) is 8.98. The Morgan fingerprint density at radius 3 is 2.70 bits per heavy atom. The van der Waals surface area contributed by atoms with Crippen LogP contribution in [0.1, 0.15) is 36.5 Å². The molecule has 1 amide bonds. The molecule has 1 aliphatic heterocycles. The van der Waals surface area contributed by atoms with Gasteiger partial charge in [0.1, 0.15) is 6.10 Å². The second-order valence-corrected chi connectivity index (χ2v) is 8.01. The van der Waals surface area contributed by atoms with E-state index in [0.717, 1.165) is 11.1 Å². The molecule has 1 fully saturated rings. The summed E-state index contributed by atoms with van der Waals surface area (Å²) >= 11 is 6.31. The molecule has 7 heteroatoms. The van der Waals surface area contributed by atoms with E-state index in [4.69, 9.17) is 20.8 Å². The number of amides is 1. The molecule has 0 spiro atoms. The van der Waals surface area contributed by atoms with Gasteiger partial charge in [0.25, 0.3) is 0 Å². The number of aryl methyl sites for hydroxylation is 2. The normalized spacial score (nSPS) is 19.1. The highest BCUT2D eigenvalue weighted by molar-refractivity contribution is 6.31. The Kier molecular flexibility index (Phi) is 6.16. The second-order valence-electron chi connectivity index (χ2n) is 7.61. The van der Waals surface area contributed by atoms with Crippen LogP contribution < -0.4 is 0 Å². The van der Waals surface area contributed by atoms with Gasteiger partial charge in [-0.25, -0.2) is 0 Å². The summed E-state index contributed by atoms with van der Waals surface area (Å²) in [5.41, 5.74) is 2.94. The Balaban J connectivity index is 1.38. The summed E-state index contributed by atoms with van der Waals surface area (Å²) in [5.74, 6) is 0.969. The highest BCUT2D eigenvalue weighted by Gasteiger charge is 2.31. The molecule has 4 rings (SSSR count). The summed E-state index contributed by atoms with van der Waals surface area (Å²) in [6.45, 7) is 4.96. The van der Waals surface area contributed by atoms with Crippen LogP contribution in [0.15, 0.2) is 52.9 Å². The zero-order valence-electron chi connectivity index (χ0n) is 17.0. The van der Waals surface area contributed by atoms with E-state index in [-0.39, 0.29) is 18.1 Å². The van der Waals surface area contributed by atoms with Crippen molar-refractivity contribution < 1.29 is 13.9 Å². The predicted octanol–water partition coefficient (Wildman–Crippen LogP) is 4.62. The van der Waals surface area contributed by atoms with Crippen LogP contribution in [0.3, 0.4) is 0 Å².